The summed E-state index contributed by atoms with van der Waals surface area (Å²) in [6.07, 6.45) is 0.361. The van der Waals surface area contributed by atoms with Gasteiger partial charge in [-0.25, -0.2) is 19.2 Å². The molecule has 1 heterocycles. The summed E-state index contributed by atoms with van der Waals surface area (Å²) in [6.45, 7) is 9.65. The molecule has 0 spiro atoms. The van der Waals surface area contributed by atoms with Crippen molar-refractivity contribution in [3.05, 3.63) is 41.1 Å². The molecule has 1 aromatic rings. The van der Waals surface area contributed by atoms with Crippen molar-refractivity contribution in [1.29, 1.82) is 0 Å². The first-order valence-corrected chi connectivity index (χ1v) is 9.38. The summed E-state index contributed by atoms with van der Waals surface area (Å²) in [4.78, 5) is 48.8. The van der Waals surface area contributed by atoms with E-state index in [-0.39, 0.29) is 34.6 Å². The highest BCUT2D eigenvalue weighted by molar-refractivity contribution is 6.15. The molecule has 0 radical (unpaired) electrons. The van der Waals surface area contributed by atoms with E-state index in [9.17, 15) is 19.2 Å². The molecule has 1 aromatic carbocycles. The highest BCUT2D eigenvalue weighted by Crippen LogP contribution is 2.23. The fourth-order valence-corrected chi connectivity index (χ4v) is 2.44. The van der Waals surface area contributed by atoms with Crippen LogP contribution in [-0.4, -0.2) is 41.9 Å². The largest absolute Gasteiger partial charge is 0.459 e. The van der Waals surface area contributed by atoms with Gasteiger partial charge in [-0.2, -0.15) is 0 Å². The molecule has 162 valence electrons. The summed E-state index contributed by atoms with van der Waals surface area (Å²) < 4.78 is 20.4. The third-order valence-electron chi connectivity index (χ3n) is 3.59. The number of hydrogen-bond acceptors (Lipinski definition) is 9. The number of esters is 4. The van der Waals surface area contributed by atoms with Crippen molar-refractivity contribution in [3.8, 4) is 0 Å². The highest BCUT2D eigenvalue weighted by Gasteiger charge is 2.39. The molecule has 30 heavy (non-hydrogen) atoms. The second-order valence-corrected chi connectivity index (χ2v) is 7.59. The Morgan fingerprint density at radius 2 is 1.33 bits per heavy atom. The maximum absolute atomic E-state index is 12.3. The average Bonchev–Trinajstić information content (AvgIpc) is 2.58. The smallest absolute Gasteiger partial charge is 0.350 e. The first-order chi connectivity index (χ1) is 13.9. The summed E-state index contributed by atoms with van der Waals surface area (Å²) in [5, 5.41) is 2.72. The van der Waals surface area contributed by atoms with Crippen LogP contribution in [0, 0.1) is 0 Å². The minimum absolute atomic E-state index is 0.0951. The maximum atomic E-state index is 12.3. The number of nitrogens with one attached hydrogen (secondary N) is 1. The van der Waals surface area contributed by atoms with E-state index in [1.807, 2.05) is 0 Å². The zero-order chi connectivity index (χ0) is 22.6. The van der Waals surface area contributed by atoms with Crippen LogP contribution in [-0.2, 0) is 28.5 Å². The van der Waals surface area contributed by atoms with E-state index in [2.05, 4.69) is 5.32 Å². The molecule has 0 saturated carbocycles. The van der Waals surface area contributed by atoms with Crippen LogP contribution in [0.5, 0.6) is 0 Å². The number of cyclic esters (lactones) is 2. The van der Waals surface area contributed by atoms with Crippen LogP contribution in [0.2, 0.25) is 0 Å². The molecule has 0 aromatic heterocycles. The van der Waals surface area contributed by atoms with E-state index in [0.717, 1.165) is 6.20 Å². The topological polar surface area (TPSA) is 117 Å². The van der Waals surface area contributed by atoms with Gasteiger partial charge in [0.25, 0.3) is 5.79 Å². The Labute approximate surface area is 174 Å². The SMILES string of the molecule is CC(C)OC(=O)c1cc(NC=C2C(=O)OC(C)(C)OC2=O)cc(C(=O)OC(C)C)c1. The number of benzene rings is 1. The molecule has 0 amide bonds. The first-order valence-electron chi connectivity index (χ1n) is 9.38. The molecule has 0 aliphatic carbocycles. The highest BCUT2D eigenvalue weighted by atomic mass is 16.7. The van der Waals surface area contributed by atoms with Crippen molar-refractivity contribution in [2.45, 2.75) is 59.5 Å². The molecule has 0 unspecified atom stereocenters. The minimum atomic E-state index is -1.36. The van der Waals surface area contributed by atoms with Gasteiger partial charge in [-0.1, -0.05) is 0 Å². The molecule has 1 aliphatic heterocycles. The average molecular weight is 419 g/mol. The summed E-state index contributed by atoms with van der Waals surface area (Å²) in [7, 11) is 0. The normalized spacial score (nSPS) is 15.4. The molecule has 0 atom stereocenters. The lowest BCUT2D eigenvalue weighted by Crippen LogP contribution is -2.42. The molecule has 2 rings (SSSR count). The van der Waals surface area contributed by atoms with E-state index in [4.69, 9.17) is 18.9 Å². The van der Waals surface area contributed by atoms with Crippen molar-refractivity contribution >= 4 is 29.6 Å². The summed E-state index contributed by atoms with van der Waals surface area (Å²) >= 11 is 0. The van der Waals surface area contributed by atoms with Gasteiger partial charge in [0.2, 0.25) is 0 Å². The Kier molecular flexibility index (Phi) is 6.86. The molecule has 0 bridgehead atoms. The first kappa shape index (κ1) is 22.9. The molecular formula is C21H25NO8. The van der Waals surface area contributed by atoms with Crippen molar-refractivity contribution in [2.24, 2.45) is 0 Å². The fourth-order valence-electron chi connectivity index (χ4n) is 2.44. The quantitative estimate of drug-likeness (QED) is 0.321. The van der Waals surface area contributed by atoms with E-state index >= 15 is 0 Å². The lowest BCUT2D eigenvalue weighted by molar-refractivity contribution is -0.222. The third-order valence-corrected chi connectivity index (χ3v) is 3.59. The van der Waals surface area contributed by atoms with Gasteiger partial charge >= 0.3 is 23.9 Å². The predicted octanol–water partition coefficient (Wildman–Crippen LogP) is 2.95. The van der Waals surface area contributed by atoms with Gasteiger partial charge in [0.1, 0.15) is 0 Å². The number of hydrogen-bond donors (Lipinski definition) is 1. The fraction of sp³-hybridized carbons (Fsp3) is 0.429. The van der Waals surface area contributed by atoms with Crippen molar-refractivity contribution in [1.82, 2.24) is 0 Å². The number of carbonyl (C=O) groups is 4. The molecule has 1 saturated heterocycles. The molecule has 1 fully saturated rings. The summed E-state index contributed by atoms with van der Waals surface area (Å²) in [5.41, 5.74) is 0.0770. The maximum Gasteiger partial charge on any atom is 0.350 e. The second-order valence-electron chi connectivity index (χ2n) is 7.59. The Bertz CT molecular complexity index is 836. The Balaban J connectivity index is 2.36. The zero-order valence-corrected chi connectivity index (χ0v) is 17.7. The zero-order valence-electron chi connectivity index (χ0n) is 17.7. The monoisotopic (exact) mass is 419 g/mol. The Morgan fingerprint density at radius 1 is 0.900 bits per heavy atom. The Morgan fingerprint density at radius 3 is 1.73 bits per heavy atom. The van der Waals surface area contributed by atoms with Crippen LogP contribution < -0.4 is 5.32 Å². The van der Waals surface area contributed by atoms with Gasteiger partial charge in [0.05, 0.1) is 23.3 Å². The van der Waals surface area contributed by atoms with Crippen LogP contribution in [0.4, 0.5) is 5.69 Å². The third kappa shape index (κ3) is 6.07. The standard InChI is InChI=1S/C21H25NO8/c1-11(2)27-17(23)13-7-14(18(24)28-12(3)4)9-15(8-13)22-10-16-19(25)29-21(5,6)30-20(16)26/h7-12,22H,1-6H3. The van der Waals surface area contributed by atoms with E-state index in [0.29, 0.717) is 0 Å². The Hall–Kier alpha value is -3.36. The van der Waals surface area contributed by atoms with Crippen molar-refractivity contribution in [3.63, 3.8) is 0 Å². The second kappa shape index (κ2) is 8.98. The van der Waals surface area contributed by atoms with Crippen molar-refractivity contribution in [2.75, 3.05) is 5.32 Å². The van der Waals surface area contributed by atoms with Gasteiger partial charge in [0.15, 0.2) is 5.57 Å². The predicted molar refractivity (Wildman–Crippen MR) is 106 cm³/mol. The molecule has 1 aliphatic rings. The summed E-state index contributed by atoms with van der Waals surface area (Å²) in [5.74, 6) is -4.37. The summed E-state index contributed by atoms with van der Waals surface area (Å²) in [6, 6.07) is 4.17. The van der Waals surface area contributed by atoms with E-state index in [1.54, 1.807) is 27.7 Å². The number of anilines is 1. The van der Waals surface area contributed by atoms with Gasteiger partial charge in [-0.15, -0.1) is 0 Å². The molecule has 9 heteroatoms. The molecule has 9 nitrogen and oxygen atoms in total. The van der Waals surface area contributed by atoms with Gasteiger partial charge in [-0.05, 0) is 45.9 Å². The van der Waals surface area contributed by atoms with Crippen LogP contribution in [0.3, 0.4) is 0 Å². The van der Waals surface area contributed by atoms with Crippen LogP contribution in [0.15, 0.2) is 30.0 Å². The van der Waals surface area contributed by atoms with E-state index < -0.39 is 29.7 Å². The number of ether oxygens (including phenoxy) is 4. The van der Waals surface area contributed by atoms with Crippen LogP contribution in [0.25, 0.3) is 0 Å². The van der Waals surface area contributed by atoms with Crippen LogP contribution in [0.1, 0.15) is 62.3 Å². The number of carbonyl (C=O) groups excluding carboxylic acids is 4. The van der Waals surface area contributed by atoms with Gasteiger partial charge in [-0.3, -0.25) is 0 Å². The van der Waals surface area contributed by atoms with Crippen molar-refractivity contribution < 1.29 is 38.1 Å². The van der Waals surface area contributed by atoms with Gasteiger partial charge in [0, 0.05) is 25.7 Å². The number of rotatable bonds is 6. The van der Waals surface area contributed by atoms with E-state index in [1.165, 1.54) is 32.0 Å². The lowest BCUT2D eigenvalue weighted by atomic mass is 10.1. The van der Waals surface area contributed by atoms with Crippen LogP contribution >= 0.6 is 0 Å². The minimum Gasteiger partial charge on any atom is -0.459 e. The lowest BCUT2D eigenvalue weighted by Gasteiger charge is -2.29. The van der Waals surface area contributed by atoms with Gasteiger partial charge < -0.3 is 24.3 Å². The molecular weight excluding hydrogens is 394 g/mol. The molecule has 1 N–H and O–H groups in total.